The number of anilines is 1. The Morgan fingerprint density at radius 2 is 1.47 bits per heavy atom. The van der Waals surface area contributed by atoms with Crippen LogP contribution in [0.3, 0.4) is 0 Å². The lowest BCUT2D eigenvalue weighted by Gasteiger charge is -2.34. The van der Waals surface area contributed by atoms with E-state index in [2.05, 4.69) is 21.2 Å². The number of nitrogens with zero attached hydrogens (tertiary/aromatic N) is 2. The Labute approximate surface area is 285 Å². The van der Waals surface area contributed by atoms with Gasteiger partial charge in [0.05, 0.1) is 24.8 Å². The molecule has 9 nitrogen and oxygen atoms in total. The van der Waals surface area contributed by atoms with Gasteiger partial charge in [0.1, 0.15) is 12.6 Å². The van der Waals surface area contributed by atoms with Crippen LogP contribution in [0.2, 0.25) is 0 Å². The van der Waals surface area contributed by atoms with Crippen molar-refractivity contribution in [2.45, 2.75) is 50.7 Å². The first-order chi connectivity index (χ1) is 22.4. The predicted molar refractivity (Wildman–Crippen MR) is 187 cm³/mol. The number of sulfonamides is 1. The molecule has 0 fully saturated rings. The highest BCUT2D eigenvalue weighted by Gasteiger charge is 2.35. The predicted octanol–water partition coefficient (Wildman–Crippen LogP) is 6.13. The highest BCUT2D eigenvalue weighted by molar-refractivity contribution is 9.10. The van der Waals surface area contributed by atoms with E-state index in [1.54, 1.807) is 24.3 Å². The number of hydrogen-bond donors (Lipinski definition) is 1. The molecule has 0 aliphatic heterocycles. The number of nitrogens with one attached hydrogen (secondary N) is 1. The smallest absolute Gasteiger partial charge is 0.264 e. The summed E-state index contributed by atoms with van der Waals surface area (Å²) in [6.45, 7) is 5.12. The molecule has 0 heterocycles. The van der Waals surface area contributed by atoms with Gasteiger partial charge >= 0.3 is 0 Å². The second-order valence-electron chi connectivity index (χ2n) is 11.4. The molecule has 248 valence electrons. The SMILES string of the molecule is COc1ccc(S(=O)(=O)N(CC(=O)N(Cc2ccc(Br)cc2)C(Cc2ccccc2)C(=O)NC(C)C)c2ccc(C)cc2)cc1OC. The molecule has 4 aromatic carbocycles. The largest absolute Gasteiger partial charge is 0.493 e. The molecule has 0 spiro atoms. The molecule has 1 atom stereocenters. The highest BCUT2D eigenvalue weighted by atomic mass is 79.9. The monoisotopic (exact) mass is 721 g/mol. The summed E-state index contributed by atoms with van der Waals surface area (Å²) < 4.78 is 41.3. The van der Waals surface area contributed by atoms with Gasteiger partial charge in [-0.15, -0.1) is 0 Å². The van der Waals surface area contributed by atoms with Crippen LogP contribution in [0.5, 0.6) is 11.5 Å². The minimum atomic E-state index is -4.31. The first kappa shape index (κ1) is 35.5. The van der Waals surface area contributed by atoms with Crippen molar-refractivity contribution >= 4 is 43.5 Å². The summed E-state index contributed by atoms with van der Waals surface area (Å²) in [5, 5.41) is 2.97. The van der Waals surface area contributed by atoms with Crippen LogP contribution in [0.15, 0.2) is 106 Å². The summed E-state index contributed by atoms with van der Waals surface area (Å²) in [5.74, 6) is -0.282. The van der Waals surface area contributed by atoms with E-state index in [0.29, 0.717) is 11.4 Å². The molecule has 4 rings (SSSR count). The normalized spacial score (nSPS) is 11.9. The van der Waals surface area contributed by atoms with E-state index in [1.807, 2.05) is 75.4 Å². The first-order valence-electron chi connectivity index (χ1n) is 15.1. The van der Waals surface area contributed by atoms with Gasteiger partial charge in [-0.1, -0.05) is 76.1 Å². The van der Waals surface area contributed by atoms with Crippen molar-refractivity contribution in [2.24, 2.45) is 0 Å². The topological polar surface area (TPSA) is 105 Å². The third-order valence-electron chi connectivity index (χ3n) is 7.51. The maximum atomic E-state index is 14.6. The lowest BCUT2D eigenvalue weighted by atomic mass is 10.0. The number of rotatable bonds is 14. The number of hydrogen-bond acceptors (Lipinski definition) is 6. The van der Waals surface area contributed by atoms with Gasteiger partial charge in [0.15, 0.2) is 11.5 Å². The second-order valence-corrected chi connectivity index (χ2v) is 14.2. The molecule has 0 saturated heterocycles. The minimum Gasteiger partial charge on any atom is -0.493 e. The van der Waals surface area contributed by atoms with Gasteiger partial charge in [-0.2, -0.15) is 0 Å². The van der Waals surface area contributed by atoms with Crippen molar-refractivity contribution in [1.82, 2.24) is 10.2 Å². The van der Waals surface area contributed by atoms with Crippen molar-refractivity contribution in [3.05, 3.63) is 118 Å². The molecular formula is C36H40BrN3O6S. The van der Waals surface area contributed by atoms with Crippen LogP contribution >= 0.6 is 15.9 Å². The summed E-state index contributed by atoms with van der Waals surface area (Å²) in [4.78, 5) is 29.8. The van der Waals surface area contributed by atoms with Gasteiger partial charge in [-0.05, 0) is 68.3 Å². The van der Waals surface area contributed by atoms with Crippen LogP contribution in [-0.2, 0) is 32.6 Å². The first-order valence-corrected chi connectivity index (χ1v) is 17.4. The summed E-state index contributed by atoms with van der Waals surface area (Å²) in [7, 11) is -1.43. The van der Waals surface area contributed by atoms with Crippen molar-refractivity contribution in [2.75, 3.05) is 25.1 Å². The zero-order valence-corrected chi connectivity index (χ0v) is 29.5. The van der Waals surface area contributed by atoms with E-state index in [0.717, 1.165) is 25.5 Å². The molecule has 1 unspecified atom stereocenters. The zero-order chi connectivity index (χ0) is 34.1. The van der Waals surface area contributed by atoms with Crippen LogP contribution in [0.1, 0.15) is 30.5 Å². The minimum absolute atomic E-state index is 0.0767. The molecule has 11 heteroatoms. The molecule has 0 aliphatic carbocycles. The van der Waals surface area contributed by atoms with Crippen LogP contribution in [-0.4, -0.2) is 58.0 Å². The molecule has 0 aromatic heterocycles. The number of amides is 2. The van der Waals surface area contributed by atoms with Crippen LogP contribution < -0.4 is 19.1 Å². The third-order valence-corrected chi connectivity index (χ3v) is 9.81. The Balaban J connectivity index is 1.82. The molecule has 47 heavy (non-hydrogen) atoms. The van der Waals surface area contributed by atoms with Gasteiger partial charge in [-0.25, -0.2) is 8.42 Å². The van der Waals surface area contributed by atoms with Crippen molar-refractivity contribution in [3.8, 4) is 11.5 Å². The van der Waals surface area contributed by atoms with E-state index in [1.165, 1.54) is 37.3 Å². The second kappa shape index (κ2) is 16.0. The molecule has 2 amide bonds. The van der Waals surface area contributed by atoms with Gasteiger partial charge in [-0.3, -0.25) is 13.9 Å². The van der Waals surface area contributed by atoms with Gasteiger partial charge in [0.25, 0.3) is 10.0 Å². The number of halogens is 1. The Hall–Kier alpha value is -4.35. The van der Waals surface area contributed by atoms with E-state index in [-0.39, 0.29) is 35.6 Å². The zero-order valence-electron chi connectivity index (χ0n) is 27.1. The number of ether oxygens (including phenoxy) is 2. The maximum absolute atomic E-state index is 14.6. The summed E-state index contributed by atoms with van der Waals surface area (Å²) >= 11 is 3.46. The maximum Gasteiger partial charge on any atom is 0.264 e. The lowest BCUT2D eigenvalue weighted by Crippen LogP contribution is -2.54. The summed E-state index contributed by atoms with van der Waals surface area (Å²) in [6, 6.07) is 26.9. The highest BCUT2D eigenvalue weighted by Crippen LogP contribution is 2.32. The van der Waals surface area contributed by atoms with Gasteiger partial charge < -0.3 is 19.7 Å². The number of benzene rings is 4. The van der Waals surface area contributed by atoms with Crippen molar-refractivity contribution in [3.63, 3.8) is 0 Å². The van der Waals surface area contributed by atoms with E-state index in [4.69, 9.17) is 9.47 Å². The standard InChI is InChI=1S/C36H40BrN3O6S/c1-25(2)38-36(42)32(21-27-9-7-6-8-10-27)39(23-28-13-15-29(37)16-14-28)35(41)24-40(30-17-11-26(3)12-18-30)47(43,44)31-19-20-33(45-4)34(22-31)46-5/h6-20,22,25,32H,21,23-24H2,1-5H3,(H,38,42). The quantitative estimate of drug-likeness (QED) is 0.168. The molecule has 1 N–H and O–H groups in total. The fraction of sp³-hybridized carbons (Fsp3) is 0.278. The number of carbonyl (C=O) groups is 2. The van der Waals surface area contributed by atoms with E-state index in [9.17, 15) is 18.0 Å². The van der Waals surface area contributed by atoms with Crippen LogP contribution in [0.25, 0.3) is 0 Å². The van der Waals surface area contributed by atoms with Gasteiger partial charge in [0.2, 0.25) is 11.8 Å². The molecule has 0 radical (unpaired) electrons. The molecule has 0 saturated carbocycles. The summed E-state index contributed by atoms with van der Waals surface area (Å²) in [6.07, 6.45) is 0.231. The number of methoxy groups -OCH3 is 2. The van der Waals surface area contributed by atoms with Crippen LogP contribution in [0, 0.1) is 6.92 Å². The Morgan fingerprint density at radius 1 is 0.830 bits per heavy atom. The van der Waals surface area contributed by atoms with Crippen molar-refractivity contribution < 1.29 is 27.5 Å². The number of carbonyl (C=O) groups excluding carboxylic acids is 2. The summed E-state index contributed by atoms with van der Waals surface area (Å²) in [5.41, 5.74) is 2.86. The molecule has 0 bridgehead atoms. The van der Waals surface area contributed by atoms with Crippen molar-refractivity contribution in [1.29, 1.82) is 0 Å². The average molecular weight is 723 g/mol. The van der Waals surface area contributed by atoms with Crippen LogP contribution in [0.4, 0.5) is 5.69 Å². The molecule has 0 aliphatic rings. The Morgan fingerprint density at radius 3 is 2.06 bits per heavy atom. The van der Waals surface area contributed by atoms with E-state index < -0.39 is 28.5 Å². The fourth-order valence-corrected chi connectivity index (χ4v) is 6.76. The Bertz CT molecular complexity index is 1770. The lowest BCUT2D eigenvalue weighted by molar-refractivity contribution is -0.140. The molecular weight excluding hydrogens is 682 g/mol. The number of aryl methyl sites for hydroxylation is 1. The third kappa shape index (κ3) is 9.14. The molecule has 4 aromatic rings. The van der Waals surface area contributed by atoms with Gasteiger partial charge in [0, 0.05) is 29.5 Å². The average Bonchev–Trinajstić information content (AvgIpc) is 3.06. The Kier molecular flexibility index (Phi) is 12.1. The fourth-order valence-electron chi connectivity index (χ4n) is 5.07. The van der Waals surface area contributed by atoms with E-state index >= 15 is 0 Å².